The molecule has 0 heterocycles. The molecule has 0 spiro atoms. The van der Waals surface area contributed by atoms with Crippen molar-refractivity contribution in [3.8, 4) is 0 Å². The lowest BCUT2D eigenvalue weighted by molar-refractivity contribution is -0.148. The molecule has 14 heavy (non-hydrogen) atoms. The van der Waals surface area contributed by atoms with Gasteiger partial charge in [-0.2, -0.15) is 0 Å². The quantitative estimate of drug-likeness (QED) is 0.471. The Labute approximate surface area is 84.0 Å². The van der Waals surface area contributed by atoms with E-state index in [1.807, 2.05) is 13.8 Å². The first-order valence-corrected chi connectivity index (χ1v) is 4.69. The second kappa shape index (κ2) is 6.37. The highest BCUT2D eigenvalue weighted by molar-refractivity contribution is 6.01. The zero-order chi connectivity index (χ0) is 11.1. The number of hydrogen-bond acceptors (Lipinski definition) is 4. The van der Waals surface area contributed by atoms with Crippen LogP contribution in [-0.2, 0) is 14.3 Å². The van der Waals surface area contributed by atoms with Crippen LogP contribution in [0.4, 0.5) is 0 Å². The maximum atomic E-state index is 11.2. The molecule has 0 aliphatic heterocycles. The Bertz CT molecular complexity index is 204. The Hall–Kier alpha value is -1.10. The van der Waals surface area contributed by atoms with Gasteiger partial charge in [-0.3, -0.25) is 4.79 Å². The van der Waals surface area contributed by atoms with Gasteiger partial charge in [0.05, 0.1) is 6.61 Å². The van der Waals surface area contributed by atoms with Crippen LogP contribution in [0.1, 0.15) is 20.8 Å². The van der Waals surface area contributed by atoms with Crippen molar-refractivity contribution in [1.82, 2.24) is 5.32 Å². The second-order valence-electron chi connectivity index (χ2n) is 3.37. The molecule has 0 saturated heterocycles. The first-order valence-electron chi connectivity index (χ1n) is 4.69. The minimum Gasteiger partial charge on any atom is -0.464 e. The molecule has 0 fully saturated rings. The summed E-state index contributed by atoms with van der Waals surface area (Å²) in [5, 5.41) is 2.56. The third-order valence-electron chi connectivity index (χ3n) is 1.51. The predicted molar refractivity (Wildman–Crippen MR) is 52.5 cm³/mol. The van der Waals surface area contributed by atoms with E-state index in [1.54, 1.807) is 6.92 Å². The molecule has 0 aliphatic carbocycles. The van der Waals surface area contributed by atoms with Crippen molar-refractivity contribution in [2.45, 2.75) is 26.8 Å². The lowest BCUT2D eigenvalue weighted by Gasteiger charge is -2.12. The Morgan fingerprint density at radius 3 is 2.43 bits per heavy atom. The first kappa shape index (κ1) is 12.9. The van der Waals surface area contributed by atoms with Crippen LogP contribution < -0.4 is 11.1 Å². The molecule has 82 valence electrons. The number of nitrogens with one attached hydrogen (secondary N) is 1. The van der Waals surface area contributed by atoms with Gasteiger partial charge in [0.15, 0.2) is 6.04 Å². The third-order valence-corrected chi connectivity index (χ3v) is 1.51. The highest BCUT2D eigenvalue weighted by Crippen LogP contribution is 1.90. The van der Waals surface area contributed by atoms with Crippen LogP contribution in [0.25, 0.3) is 0 Å². The van der Waals surface area contributed by atoms with Crippen LogP contribution >= 0.6 is 0 Å². The van der Waals surface area contributed by atoms with E-state index in [2.05, 4.69) is 10.1 Å². The third kappa shape index (κ3) is 4.81. The zero-order valence-corrected chi connectivity index (χ0v) is 8.87. The van der Waals surface area contributed by atoms with Gasteiger partial charge < -0.3 is 15.8 Å². The van der Waals surface area contributed by atoms with E-state index >= 15 is 0 Å². The maximum absolute atomic E-state index is 11.2. The normalized spacial score (nSPS) is 12.4. The molecule has 5 nitrogen and oxygen atoms in total. The van der Waals surface area contributed by atoms with Gasteiger partial charge in [-0.25, -0.2) is 4.79 Å². The van der Waals surface area contributed by atoms with E-state index in [0.29, 0.717) is 12.5 Å². The molecule has 1 unspecified atom stereocenters. The summed E-state index contributed by atoms with van der Waals surface area (Å²) in [5.74, 6) is -0.848. The SMILES string of the molecule is CCOC(=O)C(N)C(=O)NCC(C)C. The van der Waals surface area contributed by atoms with Crippen molar-refractivity contribution >= 4 is 11.9 Å². The fraction of sp³-hybridized carbons (Fsp3) is 0.778. The number of esters is 1. The molecule has 0 rings (SSSR count). The van der Waals surface area contributed by atoms with Crippen molar-refractivity contribution in [2.24, 2.45) is 11.7 Å². The highest BCUT2D eigenvalue weighted by atomic mass is 16.5. The molecular formula is C9H18N2O3. The van der Waals surface area contributed by atoms with Crippen molar-refractivity contribution in [3.05, 3.63) is 0 Å². The molecular weight excluding hydrogens is 184 g/mol. The average molecular weight is 202 g/mol. The summed E-state index contributed by atoms with van der Waals surface area (Å²) in [5.41, 5.74) is 5.35. The van der Waals surface area contributed by atoms with E-state index in [0.717, 1.165) is 0 Å². The lowest BCUT2D eigenvalue weighted by atomic mass is 10.2. The first-order chi connectivity index (χ1) is 6.49. The Morgan fingerprint density at radius 2 is 2.00 bits per heavy atom. The number of carbonyl (C=O) groups is 2. The van der Waals surface area contributed by atoms with E-state index in [4.69, 9.17) is 5.73 Å². The van der Waals surface area contributed by atoms with Gasteiger partial charge in [0.25, 0.3) is 0 Å². The smallest absolute Gasteiger partial charge is 0.332 e. The number of hydrogen-bond donors (Lipinski definition) is 2. The predicted octanol–water partition coefficient (Wildman–Crippen LogP) is -0.351. The van der Waals surface area contributed by atoms with E-state index in [1.165, 1.54) is 0 Å². The monoisotopic (exact) mass is 202 g/mol. The summed E-state index contributed by atoms with van der Waals surface area (Å²) in [6.07, 6.45) is 0. The number of nitrogens with two attached hydrogens (primary N) is 1. The standard InChI is InChI=1S/C9H18N2O3/c1-4-14-9(13)7(10)8(12)11-5-6(2)3/h6-7H,4-5,10H2,1-3H3,(H,11,12). The average Bonchev–Trinajstić information content (AvgIpc) is 2.13. The Morgan fingerprint density at radius 1 is 1.43 bits per heavy atom. The highest BCUT2D eigenvalue weighted by Gasteiger charge is 2.22. The van der Waals surface area contributed by atoms with Crippen LogP contribution in [0.2, 0.25) is 0 Å². The molecule has 0 saturated carbocycles. The molecule has 0 aromatic carbocycles. The molecule has 0 aromatic heterocycles. The lowest BCUT2D eigenvalue weighted by Crippen LogP contribution is -2.47. The zero-order valence-electron chi connectivity index (χ0n) is 8.87. The molecule has 0 aliphatic rings. The van der Waals surface area contributed by atoms with Gasteiger partial charge in [0.2, 0.25) is 5.91 Å². The summed E-state index contributed by atoms with van der Waals surface area (Å²) in [4.78, 5) is 22.2. The number of carbonyl (C=O) groups excluding carboxylic acids is 2. The Balaban J connectivity index is 3.92. The van der Waals surface area contributed by atoms with Crippen LogP contribution in [0.3, 0.4) is 0 Å². The van der Waals surface area contributed by atoms with Crippen LogP contribution in [0.15, 0.2) is 0 Å². The van der Waals surface area contributed by atoms with E-state index in [9.17, 15) is 9.59 Å². The molecule has 0 radical (unpaired) electrons. The van der Waals surface area contributed by atoms with Crippen LogP contribution in [0.5, 0.6) is 0 Å². The van der Waals surface area contributed by atoms with Crippen molar-refractivity contribution in [1.29, 1.82) is 0 Å². The van der Waals surface area contributed by atoms with Gasteiger partial charge in [-0.15, -0.1) is 0 Å². The fourth-order valence-electron chi connectivity index (χ4n) is 0.754. The molecule has 3 N–H and O–H groups in total. The summed E-state index contributed by atoms with van der Waals surface area (Å²) in [7, 11) is 0. The van der Waals surface area contributed by atoms with Crippen molar-refractivity contribution in [3.63, 3.8) is 0 Å². The summed E-state index contributed by atoms with van der Waals surface area (Å²) in [6.45, 7) is 6.30. The largest absolute Gasteiger partial charge is 0.464 e. The molecule has 0 bridgehead atoms. The van der Waals surface area contributed by atoms with Crippen LogP contribution in [-0.4, -0.2) is 31.1 Å². The fourth-order valence-corrected chi connectivity index (χ4v) is 0.754. The molecule has 1 amide bonds. The van der Waals surface area contributed by atoms with Crippen molar-refractivity contribution < 1.29 is 14.3 Å². The van der Waals surface area contributed by atoms with Crippen molar-refractivity contribution in [2.75, 3.05) is 13.2 Å². The van der Waals surface area contributed by atoms with Crippen LogP contribution in [0, 0.1) is 5.92 Å². The number of rotatable bonds is 5. The maximum Gasteiger partial charge on any atom is 0.332 e. The minimum absolute atomic E-state index is 0.226. The number of amides is 1. The minimum atomic E-state index is -1.21. The van der Waals surface area contributed by atoms with Gasteiger partial charge in [0, 0.05) is 6.54 Å². The van der Waals surface area contributed by atoms with Gasteiger partial charge in [-0.1, -0.05) is 13.8 Å². The summed E-state index contributed by atoms with van der Waals surface area (Å²) < 4.78 is 4.61. The van der Waals surface area contributed by atoms with Gasteiger partial charge >= 0.3 is 5.97 Å². The second-order valence-corrected chi connectivity index (χ2v) is 3.37. The van der Waals surface area contributed by atoms with Gasteiger partial charge in [-0.05, 0) is 12.8 Å². The van der Waals surface area contributed by atoms with E-state index in [-0.39, 0.29) is 6.61 Å². The Kier molecular flexibility index (Phi) is 5.87. The number of ether oxygens (including phenoxy) is 1. The topological polar surface area (TPSA) is 81.4 Å². The molecule has 1 atom stereocenters. The summed E-state index contributed by atoms with van der Waals surface area (Å²) >= 11 is 0. The summed E-state index contributed by atoms with van der Waals surface area (Å²) in [6, 6.07) is -1.21. The van der Waals surface area contributed by atoms with E-state index < -0.39 is 17.9 Å². The molecule has 5 heteroatoms. The van der Waals surface area contributed by atoms with Gasteiger partial charge in [0.1, 0.15) is 0 Å². The molecule has 0 aromatic rings.